The normalized spacial score (nSPS) is 11.7. The van der Waals surface area contributed by atoms with Gasteiger partial charge in [-0.3, -0.25) is 9.48 Å². The fourth-order valence-corrected chi connectivity index (χ4v) is 2.37. The van der Waals surface area contributed by atoms with Gasteiger partial charge in [0.25, 0.3) is 5.91 Å². The van der Waals surface area contributed by atoms with Gasteiger partial charge in [0, 0.05) is 24.5 Å². The van der Waals surface area contributed by atoms with Gasteiger partial charge in [0.1, 0.15) is 0 Å². The molecule has 2 N–H and O–H groups in total. The molecule has 3 heterocycles. The molecule has 0 saturated carbocycles. The van der Waals surface area contributed by atoms with Crippen LogP contribution in [-0.2, 0) is 10.3 Å². The summed E-state index contributed by atoms with van der Waals surface area (Å²) in [4.78, 5) is 28.0. The van der Waals surface area contributed by atoms with Gasteiger partial charge in [-0.15, -0.1) is 0 Å². The van der Waals surface area contributed by atoms with Crippen LogP contribution in [0.5, 0.6) is 0 Å². The zero-order valence-corrected chi connectivity index (χ0v) is 14.3. The molecule has 3 aromatic rings. The van der Waals surface area contributed by atoms with Crippen molar-refractivity contribution in [2.24, 2.45) is 0 Å². The molecular weight excluding hydrogens is 324 g/mol. The third-order valence-corrected chi connectivity index (χ3v) is 4.02. The number of aliphatic carboxylic acids is 1. The van der Waals surface area contributed by atoms with Crippen molar-refractivity contribution in [3.05, 3.63) is 41.5 Å². The average molecular weight is 342 g/mol. The number of carbonyl (C=O) groups excluding carboxylic acids is 1. The van der Waals surface area contributed by atoms with Gasteiger partial charge in [-0.2, -0.15) is 10.2 Å². The molecule has 1 amide bonds. The second-order valence-electron chi connectivity index (χ2n) is 6.28. The smallest absolute Gasteiger partial charge is 0.331 e. The molecule has 3 rings (SSSR count). The standard InChI is InChI=1S/C16H18N6O3/c1-9-7-13-17-8-11(10(2)22(13)19-9)14(23)18-12-5-6-21(20-12)16(3,4)15(24)25/h5-8H,1-4H3,(H,24,25)(H,18,20,23). The minimum absolute atomic E-state index is 0.260. The van der Waals surface area contributed by atoms with E-state index in [-0.39, 0.29) is 5.82 Å². The van der Waals surface area contributed by atoms with Crippen molar-refractivity contribution >= 4 is 23.3 Å². The Balaban J connectivity index is 1.87. The van der Waals surface area contributed by atoms with E-state index in [9.17, 15) is 14.7 Å². The highest BCUT2D eigenvalue weighted by atomic mass is 16.4. The van der Waals surface area contributed by atoms with Gasteiger partial charge in [-0.25, -0.2) is 14.3 Å². The predicted molar refractivity (Wildman–Crippen MR) is 89.6 cm³/mol. The fraction of sp³-hybridized carbons (Fsp3) is 0.312. The molecule has 0 aliphatic rings. The summed E-state index contributed by atoms with van der Waals surface area (Å²) in [6.07, 6.45) is 2.99. The number of carboxylic acid groups (broad SMARTS) is 1. The lowest BCUT2D eigenvalue weighted by atomic mass is 10.1. The van der Waals surface area contributed by atoms with Crippen LogP contribution in [0.1, 0.15) is 35.6 Å². The molecule has 9 nitrogen and oxygen atoms in total. The van der Waals surface area contributed by atoms with Gasteiger partial charge < -0.3 is 10.4 Å². The van der Waals surface area contributed by atoms with Crippen LogP contribution >= 0.6 is 0 Å². The molecule has 0 unspecified atom stereocenters. The number of nitrogens with zero attached hydrogens (tertiary/aromatic N) is 5. The highest BCUT2D eigenvalue weighted by molar-refractivity contribution is 6.04. The van der Waals surface area contributed by atoms with Gasteiger partial charge >= 0.3 is 5.97 Å². The van der Waals surface area contributed by atoms with Crippen molar-refractivity contribution in [2.45, 2.75) is 33.2 Å². The molecule has 0 aromatic carbocycles. The number of anilines is 1. The number of aromatic nitrogens is 5. The largest absolute Gasteiger partial charge is 0.479 e. The maximum absolute atomic E-state index is 12.5. The van der Waals surface area contributed by atoms with Crippen LogP contribution < -0.4 is 5.32 Å². The van der Waals surface area contributed by atoms with E-state index in [1.54, 1.807) is 17.5 Å². The van der Waals surface area contributed by atoms with Crippen LogP contribution in [0.3, 0.4) is 0 Å². The zero-order valence-electron chi connectivity index (χ0n) is 14.3. The number of nitrogens with one attached hydrogen (secondary N) is 1. The van der Waals surface area contributed by atoms with E-state index in [0.717, 1.165) is 5.69 Å². The van der Waals surface area contributed by atoms with Crippen LogP contribution in [-0.4, -0.2) is 41.4 Å². The van der Waals surface area contributed by atoms with Crippen molar-refractivity contribution in [3.63, 3.8) is 0 Å². The molecule has 3 aromatic heterocycles. The lowest BCUT2D eigenvalue weighted by Gasteiger charge is -2.19. The van der Waals surface area contributed by atoms with Gasteiger partial charge in [0.15, 0.2) is 17.0 Å². The van der Waals surface area contributed by atoms with Crippen LogP contribution in [0.25, 0.3) is 5.65 Å². The second kappa shape index (κ2) is 5.69. The number of hydrogen-bond donors (Lipinski definition) is 2. The van der Waals surface area contributed by atoms with Gasteiger partial charge in [0.05, 0.1) is 17.0 Å². The molecule has 0 radical (unpaired) electrons. The fourth-order valence-electron chi connectivity index (χ4n) is 2.37. The summed E-state index contributed by atoms with van der Waals surface area (Å²) in [5.74, 6) is -1.15. The molecule has 0 aliphatic heterocycles. The first-order chi connectivity index (χ1) is 11.7. The molecule has 0 atom stereocenters. The number of carboxylic acids is 1. The Labute approximate surface area is 143 Å². The summed E-state index contributed by atoms with van der Waals surface area (Å²) in [7, 11) is 0. The Morgan fingerprint density at radius 2 is 1.96 bits per heavy atom. The highest BCUT2D eigenvalue weighted by Gasteiger charge is 2.30. The quantitative estimate of drug-likeness (QED) is 0.744. The van der Waals surface area contributed by atoms with Crippen LogP contribution in [0.15, 0.2) is 24.5 Å². The number of hydrogen-bond acceptors (Lipinski definition) is 5. The zero-order chi connectivity index (χ0) is 18.4. The molecule has 0 aliphatic carbocycles. The summed E-state index contributed by atoms with van der Waals surface area (Å²) in [6.45, 7) is 6.68. The molecule has 25 heavy (non-hydrogen) atoms. The Morgan fingerprint density at radius 3 is 2.64 bits per heavy atom. The predicted octanol–water partition coefficient (Wildman–Crippen LogP) is 1.61. The molecule has 0 spiro atoms. The van der Waals surface area contributed by atoms with E-state index < -0.39 is 17.4 Å². The van der Waals surface area contributed by atoms with Crippen molar-refractivity contribution in [3.8, 4) is 0 Å². The van der Waals surface area contributed by atoms with E-state index in [2.05, 4.69) is 20.5 Å². The third kappa shape index (κ3) is 2.84. The minimum Gasteiger partial charge on any atom is -0.479 e. The van der Waals surface area contributed by atoms with E-state index in [1.807, 2.05) is 13.0 Å². The lowest BCUT2D eigenvalue weighted by Crippen LogP contribution is -2.36. The maximum Gasteiger partial charge on any atom is 0.331 e. The number of amides is 1. The lowest BCUT2D eigenvalue weighted by molar-refractivity contribution is -0.146. The number of carbonyl (C=O) groups is 2. The highest BCUT2D eigenvalue weighted by Crippen LogP contribution is 2.17. The Morgan fingerprint density at radius 1 is 1.24 bits per heavy atom. The van der Waals surface area contributed by atoms with Crippen molar-refractivity contribution < 1.29 is 14.7 Å². The maximum atomic E-state index is 12.5. The third-order valence-electron chi connectivity index (χ3n) is 4.02. The average Bonchev–Trinajstić information content (AvgIpc) is 3.14. The topological polar surface area (TPSA) is 114 Å². The first-order valence-corrected chi connectivity index (χ1v) is 7.63. The minimum atomic E-state index is -1.22. The van der Waals surface area contributed by atoms with Gasteiger partial charge in [0.2, 0.25) is 0 Å². The summed E-state index contributed by atoms with van der Waals surface area (Å²) in [5, 5.41) is 20.3. The Bertz CT molecular complexity index is 985. The van der Waals surface area contributed by atoms with Crippen LogP contribution in [0.4, 0.5) is 5.82 Å². The number of fused-ring (bicyclic) bond motifs is 1. The molecular formula is C16H18N6O3. The molecule has 130 valence electrons. The van der Waals surface area contributed by atoms with E-state index in [0.29, 0.717) is 16.9 Å². The van der Waals surface area contributed by atoms with E-state index >= 15 is 0 Å². The van der Waals surface area contributed by atoms with E-state index in [4.69, 9.17) is 0 Å². The molecule has 9 heteroatoms. The van der Waals surface area contributed by atoms with E-state index in [1.165, 1.54) is 30.9 Å². The van der Waals surface area contributed by atoms with Gasteiger partial charge in [-0.05, 0) is 27.7 Å². The molecule has 0 fully saturated rings. The second-order valence-corrected chi connectivity index (χ2v) is 6.28. The van der Waals surface area contributed by atoms with Gasteiger partial charge in [-0.1, -0.05) is 0 Å². The first kappa shape index (κ1) is 16.6. The number of aryl methyl sites for hydroxylation is 2. The van der Waals surface area contributed by atoms with Crippen molar-refractivity contribution in [2.75, 3.05) is 5.32 Å². The van der Waals surface area contributed by atoms with Crippen LogP contribution in [0, 0.1) is 13.8 Å². The summed E-state index contributed by atoms with van der Waals surface area (Å²) in [6, 6.07) is 3.37. The summed E-state index contributed by atoms with van der Waals surface area (Å²) >= 11 is 0. The monoisotopic (exact) mass is 342 g/mol. The van der Waals surface area contributed by atoms with Crippen molar-refractivity contribution in [1.29, 1.82) is 0 Å². The SMILES string of the molecule is Cc1cc2ncc(C(=O)Nc3ccn(C(C)(C)C(=O)O)n3)c(C)n2n1. The first-order valence-electron chi connectivity index (χ1n) is 7.63. The molecule has 0 bridgehead atoms. The summed E-state index contributed by atoms with van der Waals surface area (Å²) in [5.41, 5.74) is 1.27. The number of rotatable bonds is 4. The Hall–Kier alpha value is -3.23. The Kier molecular flexibility index (Phi) is 3.78. The van der Waals surface area contributed by atoms with Crippen LogP contribution in [0.2, 0.25) is 0 Å². The molecule has 0 saturated heterocycles. The van der Waals surface area contributed by atoms with Crippen molar-refractivity contribution in [1.82, 2.24) is 24.4 Å². The summed E-state index contributed by atoms with van der Waals surface area (Å²) < 4.78 is 2.90.